The van der Waals surface area contributed by atoms with E-state index >= 15 is 0 Å². The Bertz CT molecular complexity index is 471. The Hall–Kier alpha value is -1.75. The van der Waals surface area contributed by atoms with Crippen LogP contribution < -0.4 is 16.8 Å². The molecule has 1 aromatic carbocycles. The molecule has 1 amide bonds. The smallest absolute Gasteiger partial charge is 0.250 e. The Morgan fingerprint density at radius 1 is 1.53 bits per heavy atom. The molecule has 0 radical (unpaired) electrons. The quantitative estimate of drug-likeness (QED) is 0.674. The number of hydrogen-bond donors (Lipinski definition) is 3. The highest BCUT2D eigenvalue weighted by Gasteiger charge is 2.28. The molecule has 5 N–H and O–H groups in total. The summed E-state index contributed by atoms with van der Waals surface area (Å²) in [4.78, 5) is 13.6. The summed E-state index contributed by atoms with van der Waals surface area (Å²) in [6, 6.07) is 6.47. The van der Waals surface area contributed by atoms with Gasteiger partial charge in [-0.05, 0) is 45.0 Å². The fourth-order valence-electron chi connectivity index (χ4n) is 2.13. The fraction of sp³-hybridized carbons (Fsp3) is 0.500. The summed E-state index contributed by atoms with van der Waals surface area (Å²) in [5.41, 5.74) is 12.6. The van der Waals surface area contributed by atoms with Gasteiger partial charge in [0.05, 0.1) is 5.56 Å². The molecule has 1 fully saturated rings. The summed E-state index contributed by atoms with van der Waals surface area (Å²) >= 11 is 0. The van der Waals surface area contributed by atoms with Crippen molar-refractivity contribution >= 4 is 17.3 Å². The summed E-state index contributed by atoms with van der Waals surface area (Å²) in [6.45, 7) is 3.02. The van der Waals surface area contributed by atoms with Crippen LogP contribution in [-0.2, 0) is 0 Å². The van der Waals surface area contributed by atoms with Gasteiger partial charge in [0.25, 0.3) is 5.91 Å². The molecule has 5 nitrogen and oxygen atoms in total. The van der Waals surface area contributed by atoms with Crippen LogP contribution in [0.15, 0.2) is 18.2 Å². The lowest BCUT2D eigenvalue weighted by Gasteiger charge is -2.25. The zero-order valence-electron chi connectivity index (χ0n) is 11.5. The summed E-state index contributed by atoms with van der Waals surface area (Å²) in [7, 11) is 2.15. The standard InChI is InChI=1S/C14H22N4O/c1-9(18(2)11-4-5-11)8-17-10-3-6-13(15)12(7-10)14(16)19/h3,6-7,9,11,17H,4-5,8,15H2,1-2H3,(H2,16,19). The van der Waals surface area contributed by atoms with Gasteiger partial charge in [0.15, 0.2) is 0 Å². The van der Waals surface area contributed by atoms with Gasteiger partial charge in [-0.2, -0.15) is 0 Å². The van der Waals surface area contributed by atoms with Crippen LogP contribution in [0.3, 0.4) is 0 Å². The molecular formula is C14H22N4O. The number of anilines is 2. The van der Waals surface area contributed by atoms with Crippen LogP contribution in [0.25, 0.3) is 0 Å². The maximum atomic E-state index is 11.2. The second-order valence-corrected chi connectivity index (χ2v) is 5.29. The second-order valence-electron chi connectivity index (χ2n) is 5.29. The van der Waals surface area contributed by atoms with Crippen LogP contribution in [-0.4, -0.2) is 36.5 Å². The van der Waals surface area contributed by atoms with E-state index in [9.17, 15) is 4.79 Å². The van der Waals surface area contributed by atoms with E-state index in [1.54, 1.807) is 12.1 Å². The van der Waals surface area contributed by atoms with Crippen molar-refractivity contribution in [3.05, 3.63) is 23.8 Å². The maximum absolute atomic E-state index is 11.2. The average molecular weight is 262 g/mol. The molecule has 1 aliphatic rings. The van der Waals surface area contributed by atoms with Gasteiger partial charge in [0, 0.05) is 30.0 Å². The zero-order valence-corrected chi connectivity index (χ0v) is 11.5. The third kappa shape index (κ3) is 3.38. The van der Waals surface area contributed by atoms with Gasteiger partial charge in [-0.3, -0.25) is 9.69 Å². The Kier molecular flexibility index (Phi) is 3.95. The van der Waals surface area contributed by atoms with Gasteiger partial charge >= 0.3 is 0 Å². The molecule has 0 saturated heterocycles. The van der Waals surface area contributed by atoms with Crippen LogP contribution in [0, 0.1) is 0 Å². The van der Waals surface area contributed by atoms with Crippen molar-refractivity contribution in [1.29, 1.82) is 0 Å². The van der Waals surface area contributed by atoms with E-state index in [2.05, 4.69) is 24.2 Å². The topological polar surface area (TPSA) is 84.4 Å². The number of carbonyl (C=O) groups is 1. The third-order valence-electron chi connectivity index (χ3n) is 3.74. The number of rotatable bonds is 6. The van der Waals surface area contributed by atoms with Crippen molar-refractivity contribution in [2.24, 2.45) is 5.73 Å². The number of carbonyl (C=O) groups excluding carboxylic acids is 1. The van der Waals surface area contributed by atoms with E-state index in [-0.39, 0.29) is 0 Å². The van der Waals surface area contributed by atoms with E-state index in [4.69, 9.17) is 11.5 Å². The number of benzene rings is 1. The number of nitrogens with one attached hydrogen (secondary N) is 1. The van der Waals surface area contributed by atoms with Crippen molar-refractivity contribution < 1.29 is 4.79 Å². The molecule has 0 aliphatic heterocycles. The normalized spacial score (nSPS) is 16.4. The largest absolute Gasteiger partial charge is 0.398 e. The first-order valence-corrected chi connectivity index (χ1v) is 6.64. The molecule has 0 aromatic heterocycles. The van der Waals surface area contributed by atoms with Gasteiger partial charge in [0.1, 0.15) is 0 Å². The predicted octanol–water partition coefficient (Wildman–Crippen LogP) is 1.26. The molecule has 0 heterocycles. The number of amides is 1. The van der Waals surface area contributed by atoms with E-state index in [1.807, 2.05) is 6.07 Å². The predicted molar refractivity (Wildman–Crippen MR) is 78.1 cm³/mol. The van der Waals surface area contributed by atoms with Gasteiger partial charge in [-0.25, -0.2) is 0 Å². The fourth-order valence-corrected chi connectivity index (χ4v) is 2.13. The first kappa shape index (κ1) is 13.7. The lowest BCUT2D eigenvalue weighted by Crippen LogP contribution is -2.36. The molecule has 2 rings (SSSR count). The van der Waals surface area contributed by atoms with Crippen LogP contribution in [0.5, 0.6) is 0 Å². The number of likely N-dealkylation sites (N-methyl/N-ethyl adjacent to an activating group) is 1. The number of nitrogen functional groups attached to an aromatic ring is 1. The minimum absolute atomic E-state index is 0.369. The van der Waals surface area contributed by atoms with Crippen molar-refractivity contribution in [2.75, 3.05) is 24.6 Å². The molecule has 0 bridgehead atoms. The second kappa shape index (κ2) is 5.48. The number of nitrogens with two attached hydrogens (primary N) is 2. The molecule has 19 heavy (non-hydrogen) atoms. The van der Waals surface area contributed by atoms with Crippen molar-refractivity contribution in [2.45, 2.75) is 31.8 Å². The first-order chi connectivity index (χ1) is 8.99. The Labute approximate surface area is 113 Å². The van der Waals surface area contributed by atoms with Crippen LogP contribution in [0.4, 0.5) is 11.4 Å². The lowest BCUT2D eigenvalue weighted by atomic mass is 10.1. The molecule has 5 heteroatoms. The van der Waals surface area contributed by atoms with Crippen molar-refractivity contribution in [3.8, 4) is 0 Å². The molecule has 0 spiro atoms. The number of nitrogens with zero attached hydrogens (tertiary/aromatic N) is 1. The Balaban J connectivity index is 1.95. The lowest BCUT2D eigenvalue weighted by molar-refractivity contribution is 0.100. The van der Waals surface area contributed by atoms with Crippen LogP contribution >= 0.6 is 0 Å². The summed E-state index contributed by atoms with van der Waals surface area (Å²) < 4.78 is 0. The van der Waals surface area contributed by atoms with Crippen LogP contribution in [0.1, 0.15) is 30.1 Å². The van der Waals surface area contributed by atoms with Crippen LogP contribution in [0.2, 0.25) is 0 Å². The van der Waals surface area contributed by atoms with E-state index in [0.717, 1.165) is 18.3 Å². The number of hydrogen-bond acceptors (Lipinski definition) is 4. The molecule has 1 atom stereocenters. The minimum Gasteiger partial charge on any atom is -0.398 e. The van der Waals surface area contributed by atoms with Crippen molar-refractivity contribution in [3.63, 3.8) is 0 Å². The van der Waals surface area contributed by atoms with Gasteiger partial charge in [-0.1, -0.05) is 0 Å². The average Bonchev–Trinajstić information content (AvgIpc) is 3.20. The minimum atomic E-state index is -0.496. The summed E-state index contributed by atoms with van der Waals surface area (Å²) in [5, 5.41) is 3.33. The highest BCUT2D eigenvalue weighted by atomic mass is 16.1. The van der Waals surface area contributed by atoms with Gasteiger partial charge in [-0.15, -0.1) is 0 Å². The maximum Gasteiger partial charge on any atom is 0.250 e. The molecule has 1 saturated carbocycles. The molecule has 1 aromatic rings. The summed E-state index contributed by atoms with van der Waals surface area (Å²) in [5.74, 6) is -0.496. The molecule has 1 unspecified atom stereocenters. The monoisotopic (exact) mass is 262 g/mol. The molecule has 104 valence electrons. The number of primary amides is 1. The molecular weight excluding hydrogens is 240 g/mol. The SMILES string of the molecule is CC(CNc1ccc(N)c(C(N)=O)c1)N(C)C1CC1. The van der Waals surface area contributed by atoms with E-state index in [0.29, 0.717) is 17.3 Å². The highest BCUT2D eigenvalue weighted by molar-refractivity contribution is 5.98. The molecule has 1 aliphatic carbocycles. The van der Waals surface area contributed by atoms with Gasteiger partial charge < -0.3 is 16.8 Å². The van der Waals surface area contributed by atoms with E-state index < -0.39 is 5.91 Å². The first-order valence-electron chi connectivity index (χ1n) is 6.64. The zero-order chi connectivity index (χ0) is 14.0. The highest BCUT2D eigenvalue weighted by Crippen LogP contribution is 2.27. The third-order valence-corrected chi connectivity index (χ3v) is 3.74. The van der Waals surface area contributed by atoms with Gasteiger partial charge in [0.2, 0.25) is 0 Å². The summed E-state index contributed by atoms with van der Waals surface area (Å²) in [6.07, 6.45) is 2.60. The van der Waals surface area contributed by atoms with E-state index in [1.165, 1.54) is 12.8 Å². The Morgan fingerprint density at radius 3 is 2.79 bits per heavy atom. The Morgan fingerprint density at radius 2 is 2.21 bits per heavy atom. The van der Waals surface area contributed by atoms with Crippen molar-refractivity contribution in [1.82, 2.24) is 4.90 Å².